The van der Waals surface area contributed by atoms with E-state index in [1.54, 1.807) is 25.7 Å². The molecule has 0 aliphatic carbocycles. The number of ether oxygens (including phenoxy) is 1. The van der Waals surface area contributed by atoms with Gasteiger partial charge in [0.25, 0.3) is 0 Å². The average Bonchev–Trinajstić information content (AvgIpc) is 2.51. The quantitative estimate of drug-likeness (QED) is 0.734. The van der Waals surface area contributed by atoms with Gasteiger partial charge in [-0.2, -0.15) is 13.2 Å². The molecule has 1 aliphatic rings. The lowest BCUT2D eigenvalue weighted by Crippen LogP contribution is -2.59. The van der Waals surface area contributed by atoms with Crippen molar-refractivity contribution in [2.45, 2.75) is 38.6 Å². The summed E-state index contributed by atoms with van der Waals surface area (Å²) < 4.78 is 43.9. The number of hydrogen-bond donors (Lipinski definition) is 1. The molecule has 0 aromatic heterocycles. The maximum atomic E-state index is 12.8. The van der Waals surface area contributed by atoms with E-state index in [4.69, 9.17) is 4.74 Å². The molecule has 150 valence electrons. The monoisotopic (exact) mass is 452 g/mol. The first-order chi connectivity index (χ1) is 12.3. The van der Waals surface area contributed by atoms with Crippen molar-refractivity contribution in [1.29, 1.82) is 0 Å². The van der Waals surface area contributed by atoms with Gasteiger partial charge < -0.3 is 14.7 Å². The van der Waals surface area contributed by atoms with Crippen molar-refractivity contribution in [3.05, 3.63) is 28.2 Å². The fourth-order valence-electron chi connectivity index (χ4n) is 2.69. The summed E-state index contributed by atoms with van der Waals surface area (Å²) in [5, 5.41) is 9.50. The van der Waals surface area contributed by atoms with E-state index in [-0.39, 0.29) is 24.1 Å². The third-order valence-corrected chi connectivity index (χ3v) is 4.54. The molecule has 1 unspecified atom stereocenters. The number of carbonyl (C=O) groups is 2. The number of aliphatic carboxylic acids is 1. The number of rotatable bonds is 2. The number of hydrogen-bond acceptors (Lipinski definition) is 4. The summed E-state index contributed by atoms with van der Waals surface area (Å²) in [5.74, 6) is -1.21. The van der Waals surface area contributed by atoms with E-state index in [0.29, 0.717) is 5.69 Å². The number of carboxylic acid groups (broad SMARTS) is 1. The standard InChI is InChI=1S/C17H20BrF3N2O4/c1-16(2,3)27-15(26)23-7-6-22(9-13(23)14(24)25)12-5-4-10(8-11(12)18)17(19,20)21/h4-5,8,13H,6-7,9H2,1-3H3,(H,24,25). The first kappa shape index (κ1) is 21.3. The first-order valence-corrected chi connectivity index (χ1v) is 8.93. The normalized spacial score (nSPS) is 18.4. The predicted molar refractivity (Wildman–Crippen MR) is 95.7 cm³/mol. The molecule has 1 amide bonds. The second-order valence-corrected chi connectivity index (χ2v) is 7.99. The van der Waals surface area contributed by atoms with Crippen molar-refractivity contribution in [3.63, 3.8) is 0 Å². The fourth-order valence-corrected chi connectivity index (χ4v) is 3.32. The molecule has 1 aromatic rings. The number of piperazine rings is 1. The van der Waals surface area contributed by atoms with Crippen LogP contribution >= 0.6 is 15.9 Å². The Morgan fingerprint density at radius 3 is 2.33 bits per heavy atom. The summed E-state index contributed by atoms with van der Waals surface area (Å²) in [5.41, 5.74) is -1.15. The third kappa shape index (κ3) is 5.27. The molecular weight excluding hydrogens is 433 g/mol. The summed E-state index contributed by atoms with van der Waals surface area (Å²) in [4.78, 5) is 26.7. The van der Waals surface area contributed by atoms with Crippen LogP contribution in [0.25, 0.3) is 0 Å². The molecule has 1 aromatic carbocycles. The van der Waals surface area contributed by atoms with Crippen LogP contribution in [0.3, 0.4) is 0 Å². The van der Waals surface area contributed by atoms with Crippen LogP contribution in [0.15, 0.2) is 22.7 Å². The number of anilines is 1. The third-order valence-electron chi connectivity index (χ3n) is 3.91. The summed E-state index contributed by atoms with van der Waals surface area (Å²) >= 11 is 3.12. The van der Waals surface area contributed by atoms with Crippen molar-refractivity contribution >= 4 is 33.7 Å². The van der Waals surface area contributed by atoms with Gasteiger partial charge in [-0.05, 0) is 54.9 Å². The highest BCUT2D eigenvalue weighted by atomic mass is 79.9. The van der Waals surface area contributed by atoms with Gasteiger partial charge in [0, 0.05) is 24.1 Å². The Morgan fingerprint density at radius 1 is 1.22 bits per heavy atom. The number of nitrogens with zero attached hydrogens (tertiary/aromatic N) is 2. The molecule has 1 fully saturated rings. The summed E-state index contributed by atoms with van der Waals surface area (Å²) in [6.07, 6.45) is -5.21. The van der Waals surface area contributed by atoms with Gasteiger partial charge in [-0.1, -0.05) is 0 Å². The zero-order chi connectivity index (χ0) is 20.6. The van der Waals surface area contributed by atoms with Gasteiger partial charge in [-0.25, -0.2) is 9.59 Å². The van der Waals surface area contributed by atoms with Gasteiger partial charge >= 0.3 is 18.2 Å². The second-order valence-electron chi connectivity index (χ2n) is 7.14. The average molecular weight is 453 g/mol. The van der Waals surface area contributed by atoms with Crippen molar-refractivity contribution in [2.24, 2.45) is 0 Å². The highest BCUT2D eigenvalue weighted by Crippen LogP contribution is 2.36. The Labute approximate surface area is 163 Å². The molecule has 2 rings (SSSR count). The molecule has 6 nitrogen and oxygen atoms in total. The maximum absolute atomic E-state index is 12.8. The Hall–Kier alpha value is -1.97. The van der Waals surface area contributed by atoms with Crippen LogP contribution in [0.5, 0.6) is 0 Å². The Balaban J connectivity index is 2.22. The van der Waals surface area contributed by atoms with E-state index in [1.165, 1.54) is 6.07 Å². The highest BCUT2D eigenvalue weighted by Gasteiger charge is 2.38. The minimum Gasteiger partial charge on any atom is -0.480 e. The van der Waals surface area contributed by atoms with Crippen LogP contribution in [-0.4, -0.2) is 53.3 Å². The Kier molecular flexibility index (Phi) is 5.98. The zero-order valence-corrected chi connectivity index (χ0v) is 16.6. The van der Waals surface area contributed by atoms with Gasteiger partial charge in [-0.15, -0.1) is 0 Å². The first-order valence-electron chi connectivity index (χ1n) is 8.14. The minimum absolute atomic E-state index is 0.0688. The molecule has 0 bridgehead atoms. The maximum Gasteiger partial charge on any atom is 0.416 e. The zero-order valence-electron chi connectivity index (χ0n) is 15.0. The van der Waals surface area contributed by atoms with Crippen LogP contribution in [0.4, 0.5) is 23.7 Å². The molecule has 1 saturated heterocycles. The molecule has 10 heteroatoms. The van der Waals surface area contributed by atoms with Crippen LogP contribution in [0, 0.1) is 0 Å². The van der Waals surface area contributed by atoms with Crippen molar-refractivity contribution in [1.82, 2.24) is 4.90 Å². The summed E-state index contributed by atoms with van der Waals surface area (Å²) in [7, 11) is 0. The smallest absolute Gasteiger partial charge is 0.416 e. The molecule has 1 heterocycles. The lowest BCUT2D eigenvalue weighted by Gasteiger charge is -2.41. The van der Waals surface area contributed by atoms with Gasteiger partial charge in [0.05, 0.1) is 11.3 Å². The largest absolute Gasteiger partial charge is 0.480 e. The van der Waals surface area contributed by atoms with E-state index in [0.717, 1.165) is 17.0 Å². The molecule has 1 aliphatic heterocycles. The molecule has 0 radical (unpaired) electrons. The number of halogens is 4. The van der Waals surface area contributed by atoms with E-state index in [1.807, 2.05) is 0 Å². The molecule has 0 spiro atoms. The van der Waals surface area contributed by atoms with E-state index in [9.17, 15) is 27.9 Å². The SMILES string of the molecule is CC(C)(C)OC(=O)N1CCN(c2ccc(C(F)(F)F)cc2Br)CC1C(=O)O. The molecule has 27 heavy (non-hydrogen) atoms. The van der Waals surface area contributed by atoms with Crippen LogP contribution in [0.1, 0.15) is 26.3 Å². The summed E-state index contributed by atoms with van der Waals surface area (Å²) in [6, 6.07) is 2.00. The van der Waals surface area contributed by atoms with Crippen LogP contribution in [-0.2, 0) is 15.7 Å². The fraction of sp³-hybridized carbons (Fsp3) is 0.529. The van der Waals surface area contributed by atoms with Gasteiger partial charge in [0.2, 0.25) is 0 Å². The lowest BCUT2D eigenvalue weighted by molar-refractivity contribution is -0.143. The van der Waals surface area contributed by atoms with Crippen LogP contribution < -0.4 is 4.90 Å². The number of benzene rings is 1. The van der Waals surface area contributed by atoms with Gasteiger partial charge in [0.15, 0.2) is 0 Å². The summed E-state index contributed by atoms with van der Waals surface area (Å²) in [6.45, 7) is 5.29. The van der Waals surface area contributed by atoms with Gasteiger partial charge in [0.1, 0.15) is 11.6 Å². The molecule has 0 saturated carbocycles. The number of carbonyl (C=O) groups excluding carboxylic acids is 1. The van der Waals surface area contributed by atoms with Crippen molar-refractivity contribution in [2.75, 3.05) is 24.5 Å². The van der Waals surface area contributed by atoms with E-state index >= 15 is 0 Å². The molecular formula is C17H20BrF3N2O4. The van der Waals surface area contributed by atoms with E-state index < -0.39 is 35.4 Å². The van der Waals surface area contributed by atoms with Gasteiger partial charge in [-0.3, -0.25) is 4.90 Å². The molecule has 1 N–H and O–H groups in total. The lowest BCUT2D eigenvalue weighted by atomic mass is 10.1. The van der Waals surface area contributed by atoms with Crippen molar-refractivity contribution in [3.8, 4) is 0 Å². The van der Waals surface area contributed by atoms with Crippen molar-refractivity contribution < 1.29 is 32.6 Å². The second kappa shape index (κ2) is 7.57. The topological polar surface area (TPSA) is 70.1 Å². The van der Waals surface area contributed by atoms with E-state index in [2.05, 4.69) is 15.9 Å². The Morgan fingerprint density at radius 2 is 1.85 bits per heavy atom. The predicted octanol–water partition coefficient (Wildman–Crippen LogP) is 3.98. The Bertz CT molecular complexity index is 734. The number of amides is 1. The number of alkyl halides is 3. The van der Waals surface area contributed by atoms with Crippen LogP contribution in [0.2, 0.25) is 0 Å². The molecule has 1 atom stereocenters. The highest BCUT2D eigenvalue weighted by molar-refractivity contribution is 9.10. The number of carboxylic acids is 1. The minimum atomic E-state index is -4.47.